The first-order chi connectivity index (χ1) is 11.1. The number of aliphatic hydroxyl groups is 1. The van der Waals surface area contributed by atoms with Crippen molar-refractivity contribution in [1.29, 1.82) is 0 Å². The fourth-order valence-corrected chi connectivity index (χ4v) is 2.28. The van der Waals surface area contributed by atoms with Gasteiger partial charge in [0.15, 0.2) is 0 Å². The maximum absolute atomic E-state index is 11.6. The van der Waals surface area contributed by atoms with Gasteiger partial charge in [-0.15, -0.1) is 0 Å². The van der Waals surface area contributed by atoms with Crippen LogP contribution in [-0.2, 0) is 9.53 Å². The van der Waals surface area contributed by atoms with Gasteiger partial charge in [-0.05, 0) is 52.5 Å². The van der Waals surface area contributed by atoms with Gasteiger partial charge < -0.3 is 20.1 Å². The average molecular weight is 379 g/mol. The Bertz CT molecular complexity index is 434. The van der Waals surface area contributed by atoms with E-state index < -0.39 is 11.7 Å². The molecule has 0 spiro atoms. The summed E-state index contributed by atoms with van der Waals surface area (Å²) in [5.74, 6) is 0. The molecule has 0 heterocycles. The third-order valence-electron chi connectivity index (χ3n) is 3.21. The maximum Gasteiger partial charge on any atom is 0.407 e. The molecule has 0 unspecified atom stereocenters. The van der Waals surface area contributed by atoms with E-state index in [-0.39, 0.29) is 17.7 Å². The zero-order valence-electron chi connectivity index (χ0n) is 14.9. The monoisotopic (exact) mass is 378 g/mol. The molecule has 140 valence electrons. The van der Waals surface area contributed by atoms with Crippen molar-refractivity contribution in [3.63, 3.8) is 0 Å². The Labute approximate surface area is 155 Å². The molecule has 0 radical (unpaired) electrons. The second-order valence-electron chi connectivity index (χ2n) is 6.41. The maximum atomic E-state index is 11.6. The highest BCUT2D eigenvalue weighted by atomic mass is 32.2. The van der Waals surface area contributed by atoms with Gasteiger partial charge >= 0.3 is 6.09 Å². The molecule has 6 nitrogen and oxygen atoms in total. The molecular formula is C16H30N2O4S2. The molecule has 0 atom stereocenters. The van der Waals surface area contributed by atoms with Gasteiger partial charge in [0.1, 0.15) is 5.60 Å². The van der Waals surface area contributed by atoms with Crippen LogP contribution < -0.4 is 5.32 Å². The van der Waals surface area contributed by atoms with E-state index in [9.17, 15) is 14.7 Å². The SMILES string of the molecule is CC(=C(CCO)CCC(S)S)N(C=O)CCNC(=O)OC(C)(C)C. The number of hydrogen-bond acceptors (Lipinski definition) is 6. The number of nitrogens with zero attached hydrogens (tertiary/aromatic N) is 1. The molecule has 0 rings (SSSR count). The van der Waals surface area contributed by atoms with Crippen LogP contribution in [0.25, 0.3) is 0 Å². The Balaban J connectivity index is 4.69. The molecule has 24 heavy (non-hydrogen) atoms. The van der Waals surface area contributed by atoms with Crippen molar-refractivity contribution < 1.29 is 19.4 Å². The zero-order valence-corrected chi connectivity index (χ0v) is 16.7. The van der Waals surface area contributed by atoms with Crippen molar-refractivity contribution in [3.8, 4) is 0 Å². The lowest BCUT2D eigenvalue weighted by Crippen LogP contribution is -2.37. The van der Waals surface area contributed by atoms with Gasteiger partial charge in [-0.3, -0.25) is 4.79 Å². The summed E-state index contributed by atoms with van der Waals surface area (Å²) < 4.78 is 5.09. The van der Waals surface area contributed by atoms with E-state index in [2.05, 4.69) is 30.6 Å². The van der Waals surface area contributed by atoms with Crippen LogP contribution in [0.4, 0.5) is 4.79 Å². The number of rotatable bonds is 10. The van der Waals surface area contributed by atoms with Gasteiger partial charge in [0.05, 0.1) is 0 Å². The minimum atomic E-state index is -0.561. The van der Waals surface area contributed by atoms with Crippen molar-refractivity contribution in [2.24, 2.45) is 0 Å². The van der Waals surface area contributed by atoms with Gasteiger partial charge in [0.2, 0.25) is 6.41 Å². The van der Waals surface area contributed by atoms with Crippen LogP contribution in [0.2, 0.25) is 0 Å². The standard InChI is InChI=1S/C16H30N2O4S2/c1-12(13(7-10-19)5-6-14(23)24)18(11-20)9-8-17-15(21)22-16(2,3)4/h11,14,19,23-24H,5-10H2,1-4H3,(H,17,21). The molecule has 0 aliphatic rings. The van der Waals surface area contributed by atoms with Crippen molar-refractivity contribution in [3.05, 3.63) is 11.3 Å². The largest absolute Gasteiger partial charge is 0.444 e. The normalized spacial score (nSPS) is 12.7. The lowest BCUT2D eigenvalue weighted by atomic mass is 10.0. The number of allylic oxidation sites excluding steroid dienone is 1. The van der Waals surface area contributed by atoms with Crippen LogP contribution in [0, 0.1) is 0 Å². The topological polar surface area (TPSA) is 78.9 Å². The number of amides is 2. The molecule has 0 saturated carbocycles. The smallest absolute Gasteiger partial charge is 0.407 e. The molecule has 0 aromatic rings. The number of alkyl carbamates (subject to hydrolysis) is 1. The first kappa shape index (κ1) is 23.1. The molecule has 0 aromatic carbocycles. The average Bonchev–Trinajstić information content (AvgIpc) is 2.45. The number of thiol groups is 2. The highest BCUT2D eigenvalue weighted by Gasteiger charge is 2.16. The highest BCUT2D eigenvalue weighted by Crippen LogP contribution is 2.21. The molecule has 0 aromatic heterocycles. The number of aliphatic hydroxyl groups excluding tert-OH is 1. The molecule has 0 bridgehead atoms. The summed E-state index contributed by atoms with van der Waals surface area (Å²) >= 11 is 8.46. The number of carbonyl (C=O) groups excluding carboxylic acids is 2. The summed E-state index contributed by atoms with van der Waals surface area (Å²) in [4.78, 5) is 24.5. The molecule has 8 heteroatoms. The predicted molar refractivity (Wildman–Crippen MR) is 102 cm³/mol. The molecule has 0 saturated heterocycles. The first-order valence-electron chi connectivity index (χ1n) is 7.95. The van der Waals surface area contributed by atoms with Gasteiger partial charge in [-0.25, -0.2) is 4.79 Å². The minimum Gasteiger partial charge on any atom is -0.444 e. The fraction of sp³-hybridized carbons (Fsp3) is 0.750. The van der Waals surface area contributed by atoms with E-state index in [1.54, 1.807) is 20.8 Å². The highest BCUT2D eigenvalue weighted by molar-refractivity contribution is 7.99. The summed E-state index contributed by atoms with van der Waals surface area (Å²) in [5.41, 5.74) is 1.21. The summed E-state index contributed by atoms with van der Waals surface area (Å²) in [6, 6.07) is 0. The third kappa shape index (κ3) is 10.8. The Kier molecular flexibility index (Phi) is 11.2. The molecule has 2 N–H and O–H groups in total. The quantitative estimate of drug-likeness (QED) is 0.268. The number of hydrogen-bond donors (Lipinski definition) is 4. The van der Waals surface area contributed by atoms with Gasteiger partial charge in [-0.2, -0.15) is 25.3 Å². The van der Waals surface area contributed by atoms with Gasteiger partial charge in [-0.1, -0.05) is 0 Å². The van der Waals surface area contributed by atoms with Gasteiger partial charge in [0, 0.05) is 30.0 Å². The van der Waals surface area contributed by atoms with E-state index in [1.807, 2.05) is 6.92 Å². The number of carbonyl (C=O) groups is 2. The summed E-state index contributed by atoms with van der Waals surface area (Å²) in [6.07, 6.45) is 2.14. The third-order valence-corrected chi connectivity index (χ3v) is 3.72. The van der Waals surface area contributed by atoms with Gasteiger partial charge in [0.25, 0.3) is 0 Å². The number of nitrogens with one attached hydrogen (secondary N) is 1. The van der Waals surface area contributed by atoms with Crippen LogP contribution in [0.5, 0.6) is 0 Å². The Hall–Kier alpha value is -0.860. The zero-order chi connectivity index (χ0) is 18.8. The molecular weight excluding hydrogens is 348 g/mol. The van der Waals surface area contributed by atoms with E-state index >= 15 is 0 Å². The van der Waals surface area contributed by atoms with Crippen LogP contribution in [0.15, 0.2) is 11.3 Å². The van der Waals surface area contributed by atoms with Crippen molar-refractivity contribution in [2.75, 3.05) is 19.7 Å². The predicted octanol–water partition coefficient (Wildman–Crippen LogP) is 2.59. The number of ether oxygens (including phenoxy) is 1. The molecule has 0 aliphatic carbocycles. The lowest BCUT2D eigenvalue weighted by Gasteiger charge is -2.23. The van der Waals surface area contributed by atoms with Crippen LogP contribution in [0.1, 0.15) is 47.0 Å². The Morgan fingerprint density at radius 2 is 1.96 bits per heavy atom. The van der Waals surface area contributed by atoms with E-state index in [4.69, 9.17) is 4.74 Å². The van der Waals surface area contributed by atoms with E-state index in [0.29, 0.717) is 19.4 Å². The summed E-state index contributed by atoms with van der Waals surface area (Å²) in [7, 11) is 0. The Morgan fingerprint density at radius 1 is 1.33 bits per heavy atom. The van der Waals surface area contributed by atoms with Crippen LogP contribution in [-0.4, -0.2) is 52.4 Å². The first-order valence-corrected chi connectivity index (χ1v) is 8.98. The summed E-state index contributed by atoms with van der Waals surface area (Å²) in [5, 5.41) is 11.8. The van der Waals surface area contributed by atoms with Crippen LogP contribution in [0.3, 0.4) is 0 Å². The van der Waals surface area contributed by atoms with Crippen LogP contribution >= 0.6 is 25.3 Å². The second kappa shape index (κ2) is 11.7. The lowest BCUT2D eigenvalue weighted by molar-refractivity contribution is -0.116. The second-order valence-corrected chi connectivity index (χ2v) is 8.06. The fourth-order valence-electron chi connectivity index (χ4n) is 2.02. The minimum absolute atomic E-state index is 0.0132. The van der Waals surface area contributed by atoms with E-state index in [1.165, 1.54) is 4.90 Å². The summed E-state index contributed by atoms with van der Waals surface area (Å²) in [6.45, 7) is 7.81. The van der Waals surface area contributed by atoms with Crippen molar-refractivity contribution in [2.45, 2.75) is 57.1 Å². The van der Waals surface area contributed by atoms with Crippen molar-refractivity contribution >= 4 is 37.8 Å². The van der Waals surface area contributed by atoms with Crippen molar-refractivity contribution in [1.82, 2.24) is 10.2 Å². The Morgan fingerprint density at radius 3 is 2.42 bits per heavy atom. The molecule has 0 fully saturated rings. The molecule has 2 amide bonds. The van der Waals surface area contributed by atoms with E-state index in [0.717, 1.165) is 24.1 Å². The molecule has 0 aliphatic heterocycles.